The molecule has 0 bridgehead atoms. The lowest BCUT2D eigenvalue weighted by atomic mass is 10.0. The first-order valence-corrected chi connectivity index (χ1v) is 8.06. The molecule has 7 heteroatoms. The van der Waals surface area contributed by atoms with Gasteiger partial charge >= 0.3 is 5.97 Å². The topological polar surface area (TPSA) is 95.5 Å². The largest absolute Gasteiger partial charge is 0.480 e. The number of aryl methyl sites for hydroxylation is 2. The molecular weight excluding hydrogens is 332 g/mol. The van der Waals surface area contributed by atoms with E-state index in [2.05, 4.69) is 10.6 Å². The van der Waals surface area contributed by atoms with E-state index in [9.17, 15) is 14.4 Å². The molecular formula is C17H23ClN2O4. The predicted octanol–water partition coefficient (Wildman–Crippen LogP) is 2.30. The zero-order chi connectivity index (χ0) is 18.4. The first-order valence-electron chi connectivity index (χ1n) is 7.69. The average Bonchev–Trinajstić information content (AvgIpc) is 2.47. The van der Waals surface area contributed by atoms with Gasteiger partial charge in [0.25, 0.3) is 5.91 Å². The Balaban J connectivity index is 2.65. The quantitative estimate of drug-likeness (QED) is 0.700. The number of hydrogen-bond acceptors (Lipinski definition) is 3. The molecule has 0 saturated heterocycles. The van der Waals surface area contributed by atoms with Crippen molar-refractivity contribution >= 4 is 29.4 Å². The van der Waals surface area contributed by atoms with Gasteiger partial charge in [-0.25, -0.2) is 4.79 Å². The van der Waals surface area contributed by atoms with Crippen molar-refractivity contribution in [1.82, 2.24) is 10.6 Å². The summed E-state index contributed by atoms with van der Waals surface area (Å²) in [5, 5.41) is 14.3. The summed E-state index contributed by atoms with van der Waals surface area (Å²) in [6.45, 7) is 7.16. The fourth-order valence-electron chi connectivity index (χ4n) is 2.15. The van der Waals surface area contributed by atoms with Crippen LogP contribution in [0.1, 0.15) is 41.8 Å². The van der Waals surface area contributed by atoms with E-state index >= 15 is 0 Å². The minimum atomic E-state index is -1.10. The van der Waals surface area contributed by atoms with Crippen LogP contribution in [0.15, 0.2) is 12.1 Å². The minimum Gasteiger partial charge on any atom is -0.480 e. The predicted molar refractivity (Wildman–Crippen MR) is 92.3 cm³/mol. The Morgan fingerprint density at radius 2 is 1.75 bits per heavy atom. The lowest BCUT2D eigenvalue weighted by molar-refractivity contribution is -0.142. The number of carbonyl (C=O) groups excluding carboxylic acids is 2. The molecule has 0 aliphatic heterocycles. The molecule has 0 radical (unpaired) electrons. The molecule has 0 aliphatic carbocycles. The highest BCUT2D eigenvalue weighted by atomic mass is 35.5. The van der Waals surface area contributed by atoms with E-state index in [1.165, 1.54) is 0 Å². The number of nitrogens with one attached hydrogen (secondary N) is 2. The van der Waals surface area contributed by atoms with E-state index in [0.29, 0.717) is 11.4 Å². The Morgan fingerprint density at radius 3 is 2.29 bits per heavy atom. The second kappa shape index (κ2) is 8.68. The lowest BCUT2D eigenvalue weighted by Crippen LogP contribution is -2.46. The van der Waals surface area contributed by atoms with Gasteiger partial charge in [0.2, 0.25) is 5.91 Å². The van der Waals surface area contributed by atoms with E-state index in [4.69, 9.17) is 16.7 Å². The lowest BCUT2D eigenvalue weighted by Gasteiger charge is -2.16. The maximum absolute atomic E-state index is 12.1. The molecule has 1 aromatic rings. The van der Waals surface area contributed by atoms with Gasteiger partial charge in [-0.15, -0.1) is 0 Å². The van der Waals surface area contributed by atoms with Gasteiger partial charge in [-0.1, -0.05) is 25.4 Å². The molecule has 1 rings (SSSR count). The summed E-state index contributed by atoms with van der Waals surface area (Å²) in [7, 11) is 0. The van der Waals surface area contributed by atoms with Crippen molar-refractivity contribution in [2.75, 3.05) is 6.54 Å². The summed E-state index contributed by atoms with van der Waals surface area (Å²) in [6.07, 6.45) is 0.317. The average molecular weight is 355 g/mol. The van der Waals surface area contributed by atoms with E-state index in [1.807, 2.05) is 27.7 Å². The van der Waals surface area contributed by atoms with Crippen molar-refractivity contribution in [3.05, 3.63) is 33.8 Å². The Labute approximate surface area is 146 Å². The molecule has 0 fully saturated rings. The van der Waals surface area contributed by atoms with Gasteiger partial charge in [0.05, 0.1) is 17.1 Å². The van der Waals surface area contributed by atoms with Crippen LogP contribution in [0.2, 0.25) is 5.02 Å². The van der Waals surface area contributed by atoms with E-state index in [1.54, 1.807) is 12.1 Å². The fraction of sp³-hybridized carbons (Fsp3) is 0.471. The van der Waals surface area contributed by atoms with Gasteiger partial charge in [0, 0.05) is 0 Å². The highest BCUT2D eigenvalue weighted by Crippen LogP contribution is 2.20. The summed E-state index contributed by atoms with van der Waals surface area (Å²) in [6, 6.07) is 2.37. The van der Waals surface area contributed by atoms with Crippen molar-refractivity contribution in [2.45, 2.75) is 40.2 Å². The second-order valence-corrected chi connectivity index (χ2v) is 6.59. The highest BCUT2D eigenvalue weighted by molar-refractivity contribution is 6.34. The third kappa shape index (κ3) is 5.85. The fourth-order valence-corrected chi connectivity index (χ4v) is 2.45. The van der Waals surface area contributed by atoms with Crippen molar-refractivity contribution in [3.63, 3.8) is 0 Å². The van der Waals surface area contributed by atoms with Crippen LogP contribution in [0.3, 0.4) is 0 Å². The number of rotatable bonds is 7. The molecule has 6 nitrogen and oxygen atoms in total. The zero-order valence-corrected chi connectivity index (χ0v) is 15.0. The van der Waals surface area contributed by atoms with Gasteiger partial charge in [-0.05, 0) is 49.4 Å². The van der Waals surface area contributed by atoms with Crippen molar-refractivity contribution in [3.8, 4) is 0 Å². The molecule has 0 aliphatic rings. The van der Waals surface area contributed by atoms with Crippen molar-refractivity contribution in [2.24, 2.45) is 5.92 Å². The standard InChI is InChI=1S/C17H23ClN2O4/c1-9(2)5-14(17(23)24)20-15(21)8-19-16(22)12-6-10(3)11(4)7-13(12)18/h6-7,9,14H,5,8H2,1-4H3,(H,19,22)(H,20,21)(H,23,24)/t14-/m0/s1. The van der Waals surface area contributed by atoms with Crippen molar-refractivity contribution < 1.29 is 19.5 Å². The highest BCUT2D eigenvalue weighted by Gasteiger charge is 2.21. The summed E-state index contributed by atoms with van der Waals surface area (Å²) in [5.41, 5.74) is 2.16. The van der Waals surface area contributed by atoms with Gasteiger partial charge in [0.15, 0.2) is 0 Å². The van der Waals surface area contributed by atoms with E-state index in [0.717, 1.165) is 11.1 Å². The van der Waals surface area contributed by atoms with Gasteiger partial charge < -0.3 is 15.7 Å². The van der Waals surface area contributed by atoms with Crippen LogP contribution in [0.4, 0.5) is 0 Å². The third-order valence-electron chi connectivity index (χ3n) is 3.58. The number of benzene rings is 1. The Kier molecular flexibility index (Phi) is 7.22. The summed E-state index contributed by atoms with van der Waals surface area (Å²) >= 11 is 6.06. The van der Waals surface area contributed by atoms with Gasteiger partial charge in [-0.2, -0.15) is 0 Å². The smallest absolute Gasteiger partial charge is 0.326 e. The number of carboxylic acid groups (broad SMARTS) is 1. The zero-order valence-electron chi connectivity index (χ0n) is 14.3. The van der Waals surface area contributed by atoms with Crippen molar-refractivity contribution in [1.29, 1.82) is 0 Å². The third-order valence-corrected chi connectivity index (χ3v) is 3.89. The molecule has 0 spiro atoms. The summed E-state index contributed by atoms with van der Waals surface area (Å²) < 4.78 is 0. The molecule has 0 saturated carbocycles. The molecule has 0 aromatic heterocycles. The summed E-state index contributed by atoms with van der Waals surface area (Å²) in [5.74, 6) is -2.01. The SMILES string of the molecule is Cc1cc(Cl)c(C(=O)NCC(=O)N[C@@H](CC(C)C)C(=O)O)cc1C. The Bertz CT molecular complexity index is 644. The number of carbonyl (C=O) groups is 3. The number of carboxylic acids is 1. The van der Waals surface area contributed by atoms with E-state index in [-0.39, 0.29) is 18.0 Å². The van der Waals surface area contributed by atoms with Crippen LogP contribution < -0.4 is 10.6 Å². The molecule has 1 atom stereocenters. The summed E-state index contributed by atoms with van der Waals surface area (Å²) in [4.78, 5) is 35.1. The van der Waals surface area contributed by atoms with Crippen LogP contribution in [0.25, 0.3) is 0 Å². The Morgan fingerprint density at radius 1 is 1.17 bits per heavy atom. The van der Waals surface area contributed by atoms with Crippen LogP contribution in [0.5, 0.6) is 0 Å². The molecule has 132 valence electrons. The number of hydrogen-bond donors (Lipinski definition) is 3. The molecule has 3 N–H and O–H groups in total. The van der Waals surface area contributed by atoms with Crippen LogP contribution in [0, 0.1) is 19.8 Å². The first kappa shape index (κ1) is 20.0. The molecule has 0 heterocycles. The van der Waals surface area contributed by atoms with Gasteiger partial charge in [-0.3, -0.25) is 9.59 Å². The first-order chi connectivity index (χ1) is 11.1. The second-order valence-electron chi connectivity index (χ2n) is 6.19. The van der Waals surface area contributed by atoms with Crippen LogP contribution in [-0.4, -0.2) is 35.5 Å². The van der Waals surface area contributed by atoms with Gasteiger partial charge in [0.1, 0.15) is 6.04 Å². The van der Waals surface area contributed by atoms with E-state index < -0.39 is 23.8 Å². The molecule has 24 heavy (non-hydrogen) atoms. The normalized spacial score (nSPS) is 11.9. The number of aliphatic carboxylic acids is 1. The molecule has 2 amide bonds. The maximum atomic E-state index is 12.1. The maximum Gasteiger partial charge on any atom is 0.326 e. The van der Waals surface area contributed by atoms with Crippen LogP contribution in [-0.2, 0) is 9.59 Å². The Hall–Kier alpha value is -2.08. The monoisotopic (exact) mass is 354 g/mol. The molecule has 1 aromatic carbocycles. The molecule has 0 unspecified atom stereocenters. The minimum absolute atomic E-state index is 0.121. The van der Waals surface area contributed by atoms with Crippen LogP contribution >= 0.6 is 11.6 Å². The number of amides is 2. The number of halogens is 1.